The van der Waals surface area contributed by atoms with Crippen LogP contribution in [0.3, 0.4) is 0 Å². The van der Waals surface area contributed by atoms with Crippen molar-refractivity contribution in [3.05, 3.63) is 34.9 Å². The molecule has 3 aliphatic heterocycles. The van der Waals surface area contributed by atoms with Crippen LogP contribution in [0.2, 0.25) is 0 Å². The standard InChI is InChI=1S/C20H24N4O4/c1-13-4-5-15-16(9-13)20(28)24(19(15)27)12-18(26)22-7-2-3-14(11-22)23-8-6-21-10-17(23)25/h4-5,9,14,21H,2-3,6-8,10-12H2,1H3. The highest BCUT2D eigenvalue weighted by Crippen LogP contribution is 2.24. The maximum atomic E-state index is 12.8. The summed E-state index contributed by atoms with van der Waals surface area (Å²) in [6, 6.07) is 5.11. The number of carbonyl (C=O) groups excluding carboxylic acids is 4. The van der Waals surface area contributed by atoms with Gasteiger partial charge < -0.3 is 15.1 Å². The molecule has 1 aromatic rings. The molecule has 8 heteroatoms. The Hall–Kier alpha value is -2.74. The summed E-state index contributed by atoms with van der Waals surface area (Å²) in [5.74, 6) is -1.03. The van der Waals surface area contributed by atoms with E-state index in [4.69, 9.17) is 0 Å². The minimum absolute atomic E-state index is 0.00266. The van der Waals surface area contributed by atoms with Crippen LogP contribution in [-0.4, -0.2) is 83.6 Å². The van der Waals surface area contributed by atoms with Crippen LogP contribution in [0, 0.1) is 6.92 Å². The number of carbonyl (C=O) groups is 4. The molecule has 0 radical (unpaired) electrons. The van der Waals surface area contributed by atoms with E-state index in [1.54, 1.807) is 23.1 Å². The number of aryl methyl sites for hydroxylation is 1. The normalized spacial score (nSPS) is 22.7. The van der Waals surface area contributed by atoms with Gasteiger partial charge in [-0.1, -0.05) is 11.6 Å². The third kappa shape index (κ3) is 3.28. The van der Waals surface area contributed by atoms with Crippen LogP contribution in [-0.2, 0) is 9.59 Å². The summed E-state index contributed by atoms with van der Waals surface area (Å²) in [4.78, 5) is 54.7. The Balaban J connectivity index is 1.43. The smallest absolute Gasteiger partial charge is 0.262 e. The van der Waals surface area contributed by atoms with E-state index in [0.29, 0.717) is 37.3 Å². The van der Waals surface area contributed by atoms with Crippen molar-refractivity contribution in [1.29, 1.82) is 0 Å². The molecule has 4 rings (SSSR count). The number of piperidine rings is 1. The summed E-state index contributed by atoms with van der Waals surface area (Å²) in [5, 5.41) is 3.05. The zero-order chi connectivity index (χ0) is 19.8. The Labute approximate surface area is 163 Å². The van der Waals surface area contributed by atoms with E-state index in [1.807, 2.05) is 11.8 Å². The number of nitrogens with one attached hydrogen (secondary N) is 1. The largest absolute Gasteiger partial charge is 0.339 e. The van der Waals surface area contributed by atoms with Gasteiger partial charge >= 0.3 is 0 Å². The Bertz CT molecular complexity index is 853. The highest BCUT2D eigenvalue weighted by atomic mass is 16.2. The third-order valence-corrected chi connectivity index (χ3v) is 5.74. The van der Waals surface area contributed by atoms with Crippen LogP contribution in [0.1, 0.15) is 39.1 Å². The van der Waals surface area contributed by atoms with Crippen molar-refractivity contribution in [2.75, 3.05) is 39.3 Å². The molecule has 148 valence electrons. The second kappa shape index (κ2) is 7.35. The van der Waals surface area contributed by atoms with E-state index >= 15 is 0 Å². The van der Waals surface area contributed by atoms with E-state index in [0.717, 1.165) is 29.8 Å². The van der Waals surface area contributed by atoms with E-state index in [2.05, 4.69) is 5.32 Å². The number of hydrogen-bond acceptors (Lipinski definition) is 5. The molecular formula is C20H24N4O4. The van der Waals surface area contributed by atoms with Crippen LogP contribution in [0.5, 0.6) is 0 Å². The molecule has 0 aromatic heterocycles. The predicted octanol–water partition coefficient (Wildman–Crippen LogP) is 0.0138. The zero-order valence-electron chi connectivity index (χ0n) is 15.9. The highest BCUT2D eigenvalue weighted by molar-refractivity contribution is 6.22. The summed E-state index contributed by atoms with van der Waals surface area (Å²) in [6.45, 7) is 4.36. The van der Waals surface area contributed by atoms with Gasteiger partial charge in [-0.3, -0.25) is 24.1 Å². The minimum atomic E-state index is -0.417. The fourth-order valence-electron chi connectivity index (χ4n) is 4.23. The first-order valence-electron chi connectivity index (χ1n) is 9.70. The van der Waals surface area contributed by atoms with Gasteiger partial charge in [-0.2, -0.15) is 0 Å². The van der Waals surface area contributed by atoms with Gasteiger partial charge in [0.15, 0.2) is 0 Å². The average Bonchev–Trinajstić information content (AvgIpc) is 2.92. The molecule has 1 unspecified atom stereocenters. The van der Waals surface area contributed by atoms with Crippen molar-refractivity contribution in [3.8, 4) is 0 Å². The predicted molar refractivity (Wildman–Crippen MR) is 101 cm³/mol. The fraction of sp³-hybridized carbons (Fsp3) is 0.500. The van der Waals surface area contributed by atoms with Crippen molar-refractivity contribution >= 4 is 23.6 Å². The van der Waals surface area contributed by atoms with Gasteiger partial charge in [-0.15, -0.1) is 0 Å². The lowest BCUT2D eigenvalue weighted by atomic mass is 10.0. The van der Waals surface area contributed by atoms with E-state index in [-0.39, 0.29) is 24.4 Å². The number of likely N-dealkylation sites (tertiary alicyclic amines) is 1. The SMILES string of the molecule is Cc1ccc2c(c1)C(=O)N(CC(=O)N1CCCC(N3CCNCC3=O)C1)C2=O. The lowest BCUT2D eigenvalue weighted by Crippen LogP contribution is -2.58. The summed E-state index contributed by atoms with van der Waals surface area (Å²) < 4.78 is 0. The van der Waals surface area contributed by atoms with Crippen LogP contribution in [0.15, 0.2) is 18.2 Å². The van der Waals surface area contributed by atoms with Crippen LogP contribution in [0.25, 0.3) is 0 Å². The van der Waals surface area contributed by atoms with Gasteiger partial charge in [0.2, 0.25) is 11.8 Å². The van der Waals surface area contributed by atoms with Crippen LogP contribution < -0.4 is 5.32 Å². The summed E-state index contributed by atoms with van der Waals surface area (Å²) in [7, 11) is 0. The minimum Gasteiger partial charge on any atom is -0.339 e. The van der Waals surface area contributed by atoms with Crippen molar-refractivity contribution < 1.29 is 19.2 Å². The first-order chi connectivity index (χ1) is 13.5. The molecule has 1 aromatic carbocycles. The molecule has 0 aliphatic carbocycles. The molecule has 1 atom stereocenters. The van der Waals surface area contributed by atoms with Gasteiger partial charge in [0.05, 0.1) is 17.7 Å². The Kier molecular flexibility index (Phi) is 4.89. The zero-order valence-corrected chi connectivity index (χ0v) is 15.9. The number of benzene rings is 1. The van der Waals surface area contributed by atoms with Gasteiger partial charge in [-0.25, -0.2) is 0 Å². The van der Waals surface area contributed by atoms with Crippen molar-refractivity contribution in [2.24, 2.45) is 0 Å². The number of imide groups is 1. The monoisotopic (exact) mass is 384 g/mol. The second-order valence-corrected chi connectivity index (χ2v) is 7.65. The van der Waals surface area contributed by atoms with E-state index < -0.39 is 11.8 Å². The molecule has 28 heavy (non-hydrogen) atoms. The number of hydrogen-bond donors (Lipinski definition) is 1. The maximum Gasteiger partial charge on any atom is 0.262 e. The number of piperazine rings is 1. The number of amides is 4. The summed E-state index contributed by atoms with van der Waals surface area (Å²) in [5.41, 5.74) is 1.61. The maximum absolute atomic E-state index is 12.8. The first-order valence-corrected chi connectivity index (χ1v) is 9.70. The van der Waals surface area contributed by atoms with E-state index in [1.165, 1.54) is 0 Å². The molecule has 1 N–H and O–H groups in total. The third-order valence-electron chi connectivity index (χ3n) is 5.74. The molecule has 0 bridgehead atoms. The lowest BCUT2D eigenvalue weighted by Gasteiger charge is -2.41. The number of fused-ring (bicyclic) bond motifs is 1. The molecule has 2 saturated heterocycles. The van der Waals surface area contributed by atoms with Crippen LogP contribution >= 0.6 is 0 Å². The Morgan fingerprint density at radius 2 is 1.93 bits per heavy atom. The summed E-state index contributed by atoms with van der Waals surface area (Å²) in [6.07, 6.45) is 1.66. The van der Waals surface area contributed by atoms with E-state index in [9.17, 15) is 19.2 Å². The molecule has 0 spiro atoms. The van der Waals surface area contributed by atoms with Gasteiger partial charge in [-0.05, 0) is 31.9 Å². The number of nitrogens with zero attached hydrogens (tertiary/aromatic N) is 3. The molecule has 2 fully saturated rings. The van der Waals surface area contributed by atoms with Gasteiger partial charge in [0, 0.05) is 32.2 Å². The van der Waals surface area contributed by atoms with Gasteiger partial charge in [0.1, 0.15) is 6.54 Å². The molecule has 8 nitrogen and oxygen atoms in total. The van der Waals surface area contributed by atoms with Crippen molar-refractivity contribution in [2.45, 2.75) is 25.8 Å². The van der Waals surface area contributed by atoms with Crippen molar-refractivity contribution in [1.82, 2.24) is 20.0 Å². The average molecular weight is 384 g/mol. The summed E-state index contributed by atoms with van der Waals surface area (Å²) >= 11 is 0. The second-order valence-electron chi connectivity index (χ2n) is 7.65. The molecular weight excluding hydrogens is 360 g/mol. The Morgan fingerprint density at radius 3 is 2.71 bits per heavy atom. The topological polar surface area (TPSA) is 90.0 Å². The molecule has 3 aliphatic rings. The first kappa shape index (κ1) is 18.6. The number of rotatable bonds is 3. The Morgan fingerprint density at radius 1 is 1.14 bits per heavy atom. The fourth-order valence-corrected chi connectivity index (χ4v) is 4.23. The molecule has 3 heterocycles. The lowest BCUT2D eigenvalue weighted by molar-refractivity contribution is -0.140. The van der Waals surface area contributed by atoms with Gasteiger partial charge in [0.25, 0.3) is 11.8 Å². The van der Waals surface area contributed by atoms with Crippen LogP contribution in [0.4, 0.5) is 0 Å². The van der Waals surface area contributed by atoms with Crippen molar-refractivity contribution in [3.63, 3.8) is 0 Å². The quantitative estimate of drug-likeness (QED) is 0.742. The highest BCUT2D eigenvalue weighted by Gasteiger charge is 2.38. The molecule has 0 saturated carbocycles. The molecule has 4 amide bonds.